The molecule has 0 saturated carbocycles. The quantitative estimate of drug-likeness (QED) is 0.755. The molecule has 1 aromatic heterocycles. The van der Waals surface area contributed by atoms with Crippen LogP contribution in [0.15, 0.2) is 73.1 Å². The topological polar surface area (TPSA) is 45.2 Å². The van der Waals surface area contributed by atoms with Crippen LogP contribution in [0.3, 0.4) is 0 Å². The number of pyridine rings is 1. The smallest absolute Gasteiger partial charge is 0.227 e. The van der Waals surface area contributed by atoms with Gasteiger partial charge in [-0.15, -0.1) is 0 Å². The predicted molar refractivity (Wildman–Crippen MR) is 107 cm³/mol. The summed E-state index contributed by atoms with van der Waals surface area (Å²) >= 11 is 0. The van der Waals surface area contributed by atoms with Crippen molar-refractivity contribution in [2.45, 2.75) is 25.9 Å². The van der Waals surface area contributed by atoms with E-state index in [0.717, 1.165) is 42.9 Å². The largest absolute Gasteiger partial charge is 0.381 e. The molecule has 1 aliphatic heterocycles. The van der Waals surface area contributed by atoms with E-state index in [2.05, 4.69) is 28.5 Å². The Morgan fingerprint density at radius 1 is 0.963 bits per heavy atom. The van der Waals surface area contributed by atoms with E-state index < -0.39 is 0 Å². The molecule has 4 nitrogen and oxygen atoms in total. The number of hydrogen-bond acceptors (Lipinski definition) is 3. The Morgan fingerprint density at radius 2 is 1.78 bits per heavy atom. The molecule has 27 heavy (non-hydrogen) atoms. The van der Waals surface area contributed by atoms with Crippen molar-refractivity contribution in [3.05, 3.63) is 95.3 Å². The summed E-state index contributed by atoms with van der Waals surface area (Å²) in [6.45, 7) is 2.26. The van der Waals surface area contributed by atoms with Crippen molar-refractivity contribution in [1.29, 1.82) is 0 Å². The molecule has 0 aliphatic carbocycles. The Morgan fingerprint density at radius 3 is 2.56 bits per heavy atom. The lowest BCUT2D eigenvalue weighted by atomic mass is 9.99. The molecular formula is C23H23N3O. The van der Waals surface area contributed by atoms with Crippen molar-refractivity contribution >= 4 is 11.6 Å². The highest BCUT2D eigenvalue weighted by Gasteiger charge is 2.20. The van der Waals surface area contributed by atoms with Gasteiger partial charge >= 0.3 is 0 Å². The van der Waals surface area contributed by atoms with Crippen molar-refractivity contribution < 1.29 is 4.79 Å². The second-order valence-corrected chi connectivity index (χ2v) is 6.92. The minimum Gasteiger partial charge on any atom is -0.381 e. The maximum Gasteiger partial charge on any atom is 0.227 e. The Bertz CT molecular complexity index is 906. The number of fused-ring (bicyclic) bond motifs is 1. The highest BCUT2D eigenvalue weighted by Crippen LogP contribution is 2.20. The van der Waals surface area contributed by atoms with Crippen LogP contribution in [0.2, 0.25) is 0 Å². The summed E-state index contributed by atoms with van der Waals surface area (Å²) < 4.78 is 0. The van der Waals surface area contributed by atoms with Crippen molar-refractivity contribution in [1.82, 2.24) is 9.88 Å². The summed E-state index contributed by atoms with van der Waals surface area (Å²) in [5, 5.41) is 3.38. The first-order valence-corrected chi connectivity index (χ1v) is 9.34. The zero-order valence-electron chi connectivity index (χ0n) is 15.3. The molecule has 0 saturated heterocycles. The van der Waals surface area contributed by atoms with E-state index in [0.29, 0.717) is 6.42 Å². The van der Waals surface area contributed by atoms with E-state index in [-0.39, 0.29) is 5.91 Å². The maximum absolute atomic E-state index is 12.7. The van der Waals surface area contributed by atoms with Gasteiger partial charge in [0.2, 0.25) is 5.91 Å². The van der Waals surface area contributed by atoms with Crippen LogP contribution in [-0.2, 0) is 30.7 Å². The van der Waals surface area contributed by atoms with Gasteiger partial charge in [-0.3, -0.25) is 9.78 Å². The van der Waals surface area contributed by atoms with Gasteiger partial charge in [0.1, 0.15) is 0 Å². The zero-order chi connectivity index (χ0) is 18.5. The first-order chi connectivity index (χ1) is 13.3. The molecule has 1 N–H and O–H groups in total. The number of carbonyl (C=O) groups is 1. The van der Waals surface area contributed by atoms with E-state index in [4.69, 9.17) is 0 Å². The number of carbonyl (C=O) groups excluding carboxylic acids is 1. The van der Waals surface area contributed by atoms with Gasteiger partial charge in [-0.2, -0.15) is 0 Å². The van der Waals surface area contributed by atoms with Crippen LogP contribution < -0.4 is 5.32 Å². The third kappa shape index (κ3) is 4.34. The van der Waals surface area contributed by atoms with Crippen molar-refractivity contribution in [2.75, 3.05) is 11.9 Å². The molecule has 4 rings (SSSR count). The molecule has 1 amide bonds. The Hall–Kier alpha value is -3.14. The van der Waals surface area contributed by atoms with Crippen LogP contribution in [0, 0.1) is 0 Å². The van der Waals surface area contributed by atoms with Crippen LogP contribution in [0.1, 0.15) is 22.3 Å². The van der Waals surface area contributed by atoms with Crippen molar-refractivity contribution in [2.24, 2.45) is 0 Å². The third-order valence-electron chi connectivity index (χ3n) is 5.01. The molecule has 0 spiro atoms. The summed E-state index contributed by atoms with van der Waals surface area (Å²) in [5.41, 5.74) is 5.87. The average Bonchev–Trinajstić information content (AvgIpc) is 2.73. The lowest BCUT2D eigenvalue weighted by Gasteiger charge is -2.29. The Labute approximate surface area is 159 Å². The summed E-state index contributed by atoms with van der Waals surface area (Å²) in [4.78, 5) is 18.8. The van der Waals surface area contributed by atoms with Crippen LogP contribution in [0.5, 0.6) is 0 Å². The number of benzene rings is 2. The van der Waals surface area contributed by atoms with Gasteiger partial charge in [0.25, 0.3) is 0 Å². The Balaban J connectivity index is 1.32. The van der Waals surface area contributed by atoms with Crippen LogP contribution >= 0.6 is 0 Å². The van der Waals surface area contributed by atoms with Gasteiger partial charge in [-0.25, -0.2) is 0 Å². The summed E-state index contributed by atoms with van der Waals surface area (Å²) in [5.74, 6) is 0.195. The minimum atomic E-state index is 0.195. The SMILES string of the molecule is O=C(Cc1ccc(NCc2cccnc2)cc1)N1CCc2ccccc2C1. The molecule has 0 atom stereocenters. The molecule has 0 radical (unpaired) electrons. The predicted octanol–water partition coefficient (Wildman–Crippen LogP) is 3.82. The highest BCUT2D eigenvalue weighted by atomic mass is 16.2. The fourth-order valence-electron chi connectivity index (χ4n) is 3.44. The molecular weight excluding hydrogens is 334 g/mol. The average molecular weight is 357 g/mol. The summed E-state index contributed by atoms with van der Waals surface area (Å²) in [7, 11) is 0. The Kier molecular flexibility index (Phi) is 5.15. The molecule has 1 aliphatic rings. The first-order valence-electron chi connectivity index (χ1n) is 9.34. The summed E-state index contributed by atoms with van der Waals surface area (Å²) in [6, 6.07) is 20.5. The molecule has 0 unspecified atom stereocenters. The van der Waals surface area contributed by atoms with Crippen molar-refractivity contribution in [3.63, 3.8) is 0 Å². The van der Waals surface area contributed by atoms with E-state index in [1.807, 2.05) is 53.6 Å². The fourth-order valence-corrected chi connectivity index (χ4v) is 3.44. The molecule has 136 valence electrons. The van der Waals surface area contributed by atoms with E-state index in [1.54, 1.807) is 6.20 Å². The van der Waals surface area contributed by atoms with E-state index in [1.165, 1.54) is 11.1 Å². The number of rotatable bonds is 5. The van der Waals surface area contributed by atoms with Gasteiger partial charge in [-0.05, 0) is 46.9 Å². The van der Waals surface area contributed by atoms with Gasteiger partial charge in [0.15, 0.2) is 0 Å². The van der Waals surface area contributed by atoms with E-state index in [9.17, 15) is 4.79 Å². The first kappa shape index (κ1) is 17.3. The number of hydrogen-bond donors (Lipinski definition) is 1. The number of amides is 1. The normalized spacial score (nSPS) is 13.1. The molecule has 2 aromatic carbocycles. The second-order valence-electron chi connectivity index (χ2n) is 6.92. The molecule has 2 heterocycles. The maximum atomic E-state index is 12.7. The second kappa shape index (κ2) is 8.04. The molecule has 0 bridgehead atoms. The highest BCUT2D eigenvalue weighted by molar-refractivity contribution is 5.79. The van der Waals surface area contributed by atoms with Crippen LogP contribution in [0.25, 0.3) is 0 Å². The fraction of sp³-hybridized carbons (Fsp3) is 0.217. The monoisotopic (exact) mass is 357 g/mol. The number of nitrogens with zero attached hydrogens (tertiary/aromatic N) is 2. The van der Waals surface area contributed by atoms with Gasteiger partial charge in [-0.1, -0.05) is 42.5 Å². The third-order valence-corrected chi connectivity index (χ3v) is 5.01. The lowest BCUT2D eigenvalue weighted by Crippen LogP contribution is -2.36. The number of anilines is 1. The molecule has 0 fully saturated rings. The molecule has 4 heteroatoms. The van der Waals surface area contributed by atoms with Gasteiger partial charge in [0.05, 0.1) is 6.42 Å². The zero-order valence-corrected chi connectivity index (χ0v) is 15.3. The number of aromatic nitrogens is 1. The van der Waals surface area contributed by atoms with Gasteiger partial charge in [0, 0.05) is 37.7 Å². The van der Waals surface area contributed by atoms with E-state index >= 15 is 0 Å². The number of nitrogens with one attached hydrogen (secondary N) is 1. The summed E-state index contributed by atoms with van der Waals surface area (Å²) in [6.07, 6.45) is 5.03. The van der Waals surface area contributed by atoms with Crippen molar-refractivity contribution in [3.8, 4) is 0 Å². The standard InChI is InChI=1S/C23H23N3O/c27-23(26-13-11-20-5-1-2-6-21(20)17-26)14-18-7-9-22(10-8-18)25-16-19-4-3-12-24-15-19/h1-10,12,15,25H,11,13-14,16-17H2. The van der Waals surface area contributed by atoms with Gasteiger partial charge < -0.3 is 10.2 Å². The minimum absolute atomic E-state index is 0.195. The lowest BCUT2D eigenvalue weighted by molar-refractivity contribution is -0.131. The molecule has 3 aromatic rings. The van der Waals surface area contributed by atoms with Crippen LogP contribution in [0.4, 0.5) is 5.69 Å². The van der Waals surface area contributed by atoms with Crippen LogP contribution in [-0.4, -0.2) is 22.3 Å².